The van der Waals surface area contributed by atoms with E-state index in [1.165, 1.54) is 24.9 Å². The molecule has 2 aliphatic heterocycles. The molecular formula is C27H32N4O2. The molecule has 0 radical (unpaired) electrons. The molecule has 3 heterocycles. The predicted molar refractivity (Wildman–Crippen MR) is 131 cm³/mol. The van der Waals surface area contributed by atoms with Crippen molar-refractivity contribution in [1.82, 2.24) is 15.1 Å². The molecule has 0 spiro atoms. The molecule has 5 rings (SSSR count). The number of anilines is 1. The van der Waals surface area contributed by atoms with Gasteiger partial charge in [-0.25, -0.2) is 0 Å². The van der Waals surface area contributed by atoms with Gasteiger partial charge in [0.1, 0.15) is 0 Å². The second-order valence-corrected chi connectivity index (χ2v) is 9.31. The Morgan fingerprint density at radius 3 is 2.21 bits per heavy atom. The fourth-order valence-corrected chi connectivity index (χ4v) is 4.93. The third-order valence-electron chi connectivity index (χ3n) is 6.61. The van der Waals surface area contributed by atoms with E-state index in [4.69, 9.17) is 4.74 Å². The van der Waals surface area contributed by atoms with E-state index in [9.17, 15) is 4.79 Å². The third kappa shape index (κ3) is 4.81. The lowest BCUT2D eigenvalue weighted by Crippen LogP contribution is -2.48. The van der Waals surface area contributed by atoms with Gasteiger partial charge < -0.3 is 14.5 Å². The predicted octanol–water partition coefficient (Wildman–Crippen LogP) is 4.98. The number of nitrogens with one attached hydrogen (secondary N) is 1. The van der Waals surface area contributed by atoms with Crippen LogP contribution in [0.15, 0.2) is 54.6 Å². The summed E-state index contributed by atoms with van der Waals surface area (Å²) in [6.07, 6.45) is 4.02. The van der Waals surface area contributed by atoms with Crippen LogP contribution in [0, 0.1) is 0 Å². The second-order valence-electron chi connectivity index (χ2n) is 9.31. The first kappa shape index (κ1) is 21.7. The van der Waals surface area contributed by atoms with Crippen molar-refractivity contribution in [2.45, 2.75) is 45.3 Å². The summed E-state index contributed by atoms with van der Waals surface area (Å²) in [5.74, 6) is 0.0580. The molecule has 2 atom stereocenters. The largest absolute Gasteiger partial charge is 0.372 e. The lowest BCUT2D eigenvalue weighted by Gasteiger charge is -2.35. The highest BCUT2D eigenvalue weighted by molar-refractivity contribution is 5.94. The molecule has 0 unspecified atom stereocenters. The quantitative estimate of drug-likeness (QED) is 0.616. The number of carbonyl (C=O) groups excluding carboxylic acids is 1. The number of amides is 1. The second kappa shape index (κ2) is 9.40. The Bertz CT molecular complexity index is 1070. The number of H-pyrrole nitrogens is 1. The Balaban J connectivity index is 1.27. The molecule has 3 aromatic rings. The molecule has 172 valence electrons. The molecular weight excluding hydrogens is 412 g/mol. The molecule has 2 aromatic carbocycles. The van der Waals surface area contributed by atoms with Crippen molar-refractivity contribution in [3.63, 3.8) is 0 Å². The highest BCUT2D eigenvalue weighted by Gasteiger charge is 2.26. The van der Waals surface area contributed by atoms with E-state index < -0.39 is 0 Å². The monoisotopic (exact) mass is 444 g/mol. The van der Waals surface area contributed by atoms with E-state index in [-0.39, 0.29) is 18.1 Å². The summed E-state index contributed by atoms with van der Waals surface area (Å²) >= 11 is 0. The Hall–Kier alpha value is -3.12. The maximum Gasteiger partial charge on any atom is 0.254 e. The van der Waals surface area contributed by atoms with Crippen molar-refractivity contribution in [3.05, 3.63) is 60.2 Å². The van der Waals surface area contributed by atoms with Crippen LogP contribution in [0.3, 0.4) is 0 Å². The molecule has 2 fully saturated rings. The number of piperidine rings is 1. The molecule has 2 aliphatic rings. The Labute approximate surface area is 195 Å². The molecule has 0 saturated carbocycles. The summed E-state index contributed by atoms with van der Waals surface area (Å²) in [5.41, 5.74) is 5.97. The number of morpholine rings is 1. The highest BCUT2D eigenvalue weighted by atomic mass is 16.5. The van der Waals surface area contributed by atoms with Crippen molar-refractivity contribution in [3.8, 4) is 22.5 Å². The first-order valence-electron chi connectivity index (χ1n) is 12.0. The number of ether oxygens (including phenoxy) is 1. The van der Waals surface area contributed by atoms with Crippen LogP contribution in [0.4, 0.5) is 5.69 Å². The first-order valence-corrected chi connectivity index (χ1v) is 12.0. The number of carbonyl (C=O) groups is 1. The zero-order valence-electron chi connectivity index (χ0n) is 19.5. The van der Waals surface area contributed by atoms with Gasteiger partial charge in [-0.1, -0.05) is 24.3 Å². The lowest BCUT2D eigenvalue weighted by atomic mass is 10.1. The van der Waals surface area contributed by atoms with Gasteiger partial charge in [0, 0.05) is 43.0 Å². The smallest absolute Gasteiger partial charge is 0.254 e. The van der Waals surface area contributed by atoms with Crippen molar-refractivity contribution < 1.29 is 9.53 Å². The summed E-state index contributed by atoms with van der Waals surface area (Å²) in [6, 6.07) is 18.5. The number of rotatable bonds is 4. The molecule has 2 saturated heterocycles. The first-order chi connectivity index (χ1) is 16.1. The fraction of sp³-hybridized carbons (Fsp3) is 0.407. The van der Waals surface area contributed by atoms with Crippen LogP contribution in [0.5, 0.6) is 0 Å². The van der Waals surface area contributed by atoms with Crippen molar-refractivity contribution in [1.29, 1.82) is 0 Å². The molecule has 1 amide bonds. The van der Waals surface area contributed by atoms with Crippen molar-refractivity contribution in [2.75, 3.05) is 31.1 Å². The number of benzene rings is 2. The van der Waals surface area contributed by atoms with Gasteiger partial charge in [-0.05, 0) is 69.0 Å². The molecule has 1 aromatic heterocycles. The van der Waals surface area contributed by atoms with Crippen LogP contribution in [-0.2, 0) is 4.74 Å². The minimum atomic E-state index is 0.0580. The van der Waals surface area contributed by atoms with E-state index in [2.05, 4.69) is 45.4 Å². The topological polar surface area (TPSA) is 61.5 Å². The zero-order valence-corrected chi connectivity index (χ0v) is 19.5. The number of aromatic nitrogens is 2. The van der Waals surface area contributed by atoms with Gasteiger partial charge >= 0.3 is 0 Å². The van der Waals surface area contributed by atoms with Crippen molar-refractivity contribution >= 4 is 11.6 Å². The summed E-state index contributed by atoms with van der Waals surface area (Å²) in [4.78, 5) is 17.3. The highest BCUT2D eigenvalue weighted by Crippen LogP contribution is 2.27. The van der Waals surface area contributed by atoms with Crippen LogP contribution >= 0.6 is 0 Å². The van der Waals surface area contributed by atoms with E-state index in [0.29, 0.717) is 18.7 Å². The van der Waals surface area contributed by atoms with Gasteiger partial charge in [-0.2, -0.15) is 5.10 Å². The number of aromatic amines is 1. The molecule has 6 heteroatoms. The molecule has 6 nitrogen and oxygen atoms in total. The van der Waals surface area contributed by atoms with Crippen LogP contribution in [0.25, 0.3) is 22.5 Å². The normalized spacial score (nSPS) is 21.3. The van der Waals surface area contributed by atoms with Gasteiger partial charge in [0.15, 0.2) is 0 Å². The van der Waals surface area contributed by atoms with Gasteiger partial charge in [-0.15, -0.1) is 0 Å². The standard InChI is InChI=1S/C27H32N4O2/c1-19-17-31(18-20(2)33-19)27(32)23-8-6-21(7-9-23)25-16-26(29-28-25)22-10-12-24(13-11-22)30-14-4-3-5-15-30/h6-13,16,19-20H,3-5,14-15,17-18H2,1-2H3,(H,28,29)/t19-,20-/m1/s1. The third-order valence-corrected chi connectivity index (χ3v) is 6.61. The van der Waals surface area contributed by atoms with E-state index in [0.717, 1.165) is 35.6 Å². The molecule has 1 N–H and O–H groups in total. The minimum absolute atomic E-state index is 0.0580. The lowest BCUT2D eigenvalue weighted by molar-refractivity contribution is -0.0586. The number of nitrogens with zero attached hydrogens (tertiary/aromatic N) is 3. The fourth-order valence-electron chi connectivity index (χ4n) is 4.93. The van der Waals surface area contributed by atoms with Gasteiger partial charge in [-0.3, -0.25) is 9.89 Å². The number of hydrogen-bond donors (Lipinski definition) is 1. The summed E-state index contributed by atoms with van der Waals surface area (Å²) in [6.45, 7) is 7.57. The average molecular weight is 445 g/mol. The Morgan fingerprint density at radius 2 is 1.55 bits per heavy atom. The maximum atomic E-state index is 12.9. The van der Waals surface area contributed by atoms with Crippen LogP contribution in [0.2, 0.25) is 0 Å². The van der Waals surface area contributed by atoms with Crippen LogP contribution < -0.4 is 4.90 Å². The average Bonchev–Trinajstić information content (AvgIpc) is 3.34. The van der Waals surface area contributed by atoms with E-state index >= 15 is 0 Å². The van der Waals surface area contributed by atoms with Crippen LogP contribution in [0.1, 0.15) is 43.5 Å². The van der Waals surface area contributed by atoms with E-state index in [1.807, 2.05) is 43.0 Å². The molecule has 0 aliphatic carbocycles. The molecule has 0 bridgehead atoms. The van der Waals surface area contributed by atoms with E-state index in [1.54, 1.807) is 0 Å². The van der Waals surface area contributed by atoms with Crippen molar-refractivity contribution in [2.24, 2.45) is 0 Å². The maximum absolute atomic E-state index is 12.9. The SMILES string of the molecule is C[C@@H]1CN(C(=O)c2ccc(-c3cc(-c4ccc(N5CCCCC5)cc4)n[nH]3)cc2)C[C@@H](C)O1. The Morgan fingerprint density at radius 1 is 0.909 bits per heavy atom. The van der Waals surface area contributed by atoms with Crippen LogP contribution in [-0.4, -0.2) is 59.4 Å². The zero-order chi connectivity index (χ0) is 22.8. The Kier molecular flexibility index (Phi) is 6.18. The summed E-state index contributed by atoms with van der Waals surface area (Å²) < 4.78 is 5.75. The molecule has 33 heavy (non-hydrogen) atoms. The van der Waals surface area contributed by atoms with Gasteiger partial charge in [0.05, 0.1) is 23.6 Å². The van der Waals surface area contributed by atoms with Gasteiger partial charge in [0.2, 0.25) is 0 Å². The summed E-state index contributed by atoms with van der Waals surface area (Å²) in [7, 11) is 0. The van der Waals surface area contributed by atoms with Gasteiger partial charge in [0.25, 0.3) is 5.91 Å². The number of hydrogen-bond acceptors (Lipinski definition) is 4. The summed E-state index contributed by atoms with van der Waals surface area (Å²) in [5, 5.41) is 7.67. The minimum Gasteiger partial charge on any atom is -0.372 e.